The van der Waals surface area contributed by atoms with E-state index in [0.29, 0.717) is 24.0 Å². The molecule has 1 heterocycles. The Balaban J connectivity index is 1.94. The van der Waals surface area contributed by atoms with E-state index in [2.05, 4.69) is 6.92 Å². The third kappa shape index (κ3) is 0.487. The summed E-state index contributed by atoms with van der Waals surface area (Å²) in [5.74, 6) is 1.38. The largest absolute Gasteiger partial charge is 0.374 e. The van der Waals surface area contributed by atoms with Crippen molar-refractivity contribution in [3.63, 3.8) is 0 Å². The minimum atomic E-state index is 0.119. The Kier molecular flexibility index (Phi) is 0.710. The first-order valence-electron chi connectivity index (χ1n) is 4.14. The molecule has 3 rings (SSSR count). The summed E-state index contributed by atoms with van der Waals surface area (Å²) in [5.41, 5.74) is 6.29. The zero-order valence-corrected chi connectivity index (χ0v) is 6.21. The van der Waals surface area contributed by atoms with Crippen LogP contribution in [0.15, 0.2) is 0 Å². The maximum Gasteiger partial charge on any atom is 0.0630 e. The molecule has 2 saturated carbocycles. The summed E-state index contributed by atoms with van der Waals surface area (Å²) >= 11 is 0. The van der Waals surface area contributed by atoms with Gasteiger partial charge in [-0.05, 0) is 19.8 Å². The molecule has 0 spiro atoms. The van der Waals surface area contributed by atoms with Crippen LogP contribution in [0.2, 0.25) is 0 Å². The van der Waals surface area contributed by atoms with E-state index in [1.165, 1.54) is 12.8 Å². The van der Waals surface area contributed by atoms with Crippen LogP contribution in [0.4, 0.5) is 0 Å². The fourth-order valence-electron chi connectivity index (χ4n) is 2.45. The van der Waals surface area contributed by atoms with Gasteiger partial charge in [0.1, 0.15) is 0 Å². The first-order valence-corrected chi connectivity index (χ1v) is 4.14. The Hall–Kier alpha value is -0.0800. The molecule has 0 aromatic heterocycles. The summed E-state index contributed by atoms with van der Waals surface area (Å²) in [6, 6.07) is 0. The molecule has 0 aromatic rings. The standard InChI is InChI=1S/C8H13NO/c1-8(9)4-2-6(4)10-7-3-5(7)8/h4-7H,2-3,9H2,1H3. The average molecular weight is 139 g/mol. The average Bonchev–Trinajstić information content (AvgIpc) is 2.56. The minimum Gasteiger partial charge on any atom is -0.374 e. The summed E-state index contributed by atoms with van der Waals surface area (Å²) in [4.78, 5) is 0. The maximum absolute atomic E-state index is 6.17. The van der Waals surface area contributed by atoms with Crippen LogP contribution in [0.3, 0.4) is 0 Å². The molecule has 1 saturated heterocycles. The number of fused-ring (bicyclic) bond motifs is 2. The molecule has 0 aromatic carbocycles. The van der Waals surface area contributed by atoms with Gasteiger partial charge in [-0.3, -0.25) is 0 Å². The van der Waals surface area contributed by atoms with Crippen LogP contribution in [0.25, 0.3) is 0 Å². The summed E-state index contributed by atoms with van der Waals surface area (Å²) in [7, 11) is 0. The summed E-state index contributed by atoms with van der Waals surface area (Å²) in [5, 5.41) is 0. The molecular formula is C8H13NO. The van der Waals surface area contributed by atoms with E-state index >= 15 is 0 Å². The molecule has 1 aliphatic heterocycles. The third-order valence-corrected chi connectivity index (χ3v) is 3.41. The zero-order chi connectivity index (χ0) is 6.93. The van der Waals surface area contributed by atoms with E-state index in [0.717, 1.165) is 0 Å². The summed E-state index contributed by atoms with van der Waals surface area (Å²) in [6.45, 7) is 2.20. The van der Waals surface area contributed by atoms with Crippen LogP contribution in [0.1, 0.15) is 19.8 Å². The Morgan fingerprint density at radius 1 is 1.30 bits per heavy atom. The molecule has 10 heavy (non-hydrogen) atoms. The third-order valence-electron chi connectivity index (χ3n) is 3.41. The van der Waals surface area contributed by atoms with Crippen molar-refractivity contribution in [1.29, 1.82) is 0 Å². The Labute approximate surface area is 60.7 Å². The normalized spacial score (nSPS) is 70.2. The number of hydrogen-bond donors (Lipinski definition) is 1. The van der Waals surface area contributed by atoms with Gasteiger partial charge in [0.2, 0.25) is 0 Å². The predicted octanol–water partition coefficient (Wildman–Crippen LogP) is 0.511. The summed E-state index contributed by atoms with van der Waals surface area (Å²) in [6.07, 6.45) is 3.53. The lowest BCUT2D eigenvalue weighted by atomic mass is 9.90. The molecule has 3 fully saturated rings. The number of rotatable bonds is 0. The van der Waals surface area contributed by atoms with Crippen LogP contribution >= 0.6 is 0 Å². The highest BCUT2D eigenvalue weighted by atomic mass is 16.5. The highest BCUT2D eigenvalue weighted by Crippen LogP contribution is 2.59. The van der Waals surface area contributed by atoms with Gasteiger partial charge in [-0.25, -0.2) is 0 Å². The van der Waals surface area contributed by atoms with Crippen molar-refractivity contribution in [3.05, 3.63) is 0 Å². The minimum absolute atomic E-state index is 0.119. The van der Waals surface area contributed by atoms with Crippen LogP contribution in [-0.4, -0.2) is 17.7 Å². The van der Waals surface area contributed by atoms with Crippen molar-refractivity contribution < 1.29 is 4.74 Å². The smallest absolute Gasteiger partial charge is 0.0630 e. The second-order valence-corrected chi connectivity index (χ2v) is 4.26. The van der Waals surface area contributed by atoms with Gasteiger partial charge in [-0.1, -0.05) is 0 Å². The molecule has 56 valence electrons. The molecular weight excluding hydrogens is 126 g/mol. The molecule has 2 N–H and O–H groups in total. The van der Waals surface area contributed by atoms with Gasteiger partial charge < -0.3 is 10.5 Å². The first-order chi connectivity index (χ1) is 4.69. The predicted molar refractivity (Wildman–Crippen MR) is 37.5 cm³/mol. The Morgan fingerprint density at radius 2 is 1.80 bits per heavy atom. The van der Waals surface area contributed by atoms with Gasteiger partial charge in [0, 0.05) is 17.4 Å². The lowest BCUT2D eigenvalue weighted by Gasteiger charge is -2.28. The van der Waals surface area contributed by atoms with Crippen molar-refractivity contribution in [1.82, 2.24) is 0 Å². The maximum atomic E-state index is 6.17. The molecule has 0 amide bonds. The fraction of sp³-hybridized carbons (Fsp3) is 1.00. The van der Waals surface area contributed by atoms with Crippen molar-refractivity contribution >= 4 is 0 Å². The molecule has 2 heteroatoms. The molecule has 4 unspecified atom stereocenters. The molecule has 0 bridgehead atoms. The van der Waals surface area contributed by atoms with Gasteiger partial charge in [-0.2, -0.15) is 0 Å². The van der Waals surface area contributed by atoms with E-state index in [4.69, 9.17) is 10.5 Å². The van der Waals surface area contributed by atoms with Crippen LogP contribution < -0.4 is 5.73 Å². The highest BCUT2D eigenvalue weighted by Gasteiger charge is 2.65. The van der Waals surface area contributed by atoms with Gasteiger partial charge in [0.15, 0.2) is 0 Å². The van der Waals surface area contributed by atoms with E-state index < -0.39 is 0 Å². The topological polar surface area (TPSA) is 35.2 Å². The fourth-order valence-corrected chi connectivity index (χ4v) is 2.45. The molecule has 3 aliphatic rings. The second-order valence-electron chi connectivity index (χ2n) is 4.26. The van der Waals surface area contributed by atoms with E-state index in [1.807, 2.05) is 0 Å². The zero-order valence-electron chi connectivity index (χ0n) is 6.21. The Bertz CT molecular complexity index is 172. The second kappa shape index (κ2) is 1.28. The molecule has 2 aliphatic carbocycles. The van der Waals surface area contributed by atoms with E-state index in [1.54, 1.807) is 0 Å². The van der Waals surface area contributed by atoms with Crippen LogP contribution in [0.5, 0.6) is 0 Å². The van der Waals surface area contributed by atoms with Crippen molar-refractivity contribution in [2.45, 2.75) is 37.5 Å². The SMILES string of the molecule is CC1(N)C2CC2OC2CC21. The quantitative estimate of drug-likeness (QED) is 0.530. The van der Waals surface area contributed by atoms with Gasteiger partial charge in [-0.15, -0.1) is 0 Å². The van der Waals surface area contributed by atoms with Crippen molar-refractivity contribution in [2.24, 2.45) is 17.6 Å². The highest BCUT2D eigenvalue weighted by molar-refractivity contribution is 5.18. The molecule has 2 nitrogen and oxygen atoms in total. The van der Waals surface area contributed by atoms with E-state index in [9.17, 15) is 0 Å². The lowest BCUT2D eigenvalue weighted by molar-refractivity contribution is 0.0350. The number of ether oxygens (including phenoxy) is 1. The molecule has 4 atom stereocenters. The Morgan fingerprint density at radius 3 is 2.30 bits per heavy atom. The van der Waals surface area contributed by atoms with E-state index in [-0.39, 0.29) is 5.54 Å². The lowest BCUT2D eigenvalue weighted by Crippen LogP contribution is -2.46. The first kappa shape index (κ1) is 5.56. The van der Waals surface area contributed by atoms with Gasteiger partial charge in [0.25, 0.3) is 0 Å². The monoisotopic (exact) mass is 139 g/mol. The van der Waals surface area contributed by atoms with Crippen LogP contribution in [0, 0.1) is 11.8 Å². The van der Waals surface area contributed by atoms with Crippen molar-refractivity contribution in [2.75, 3.05) is 0 Å². The van der Waals surface area contributed by atoms with Crippen molar-refractivity contribution in [3.8, 4) is 0 Å². The number of nitrogens with two attached hydrogens (primary N) is 1. The summed E-state index contributed by atoms with van der Waals surface area (Å²) < 4.78 is 5.69. The van der Waals surface area contributed by atoms with Crippen LogP contribution in [-0.2, 0) is 4.74 Å². The molecule has 0 radical (unpaired) electrons. The van der Waals surface area contributed by atoms with Gasteiger partial charge >= 0.3 is 0 Å². The number of hydrogen-bond acceptors (Lipinski definition) is 2. The van der Waals surface area contributed by atoms with Gasteiger partial charge in [0.05, 0.1) is 12.2 Å².